The lowest BCUT2D eigenvalue weighted by molar-refractivity contribution is -0.131. The van der Waals surface area contributed by atoms with Crippen LogP contribution < -0.4 is 0 Å². The Bertz CT molecular complexity index is 1180. The number of halogens is 1. The molecule has 0 N–H and O–H groups in total. The summed E-state index contributed by atoms with van der Waals surface area (Å²) >= 11 is 7.83. The summed E-state index contributed by atoms with van der Waals surface area (Å²) in [5, 5.41) is 6.27. The van der Waals surface area contributed by atoms with E-state index in [9.17, 15) is 4.79 Å². The fourth-order valence-corrected chi connectivity index (χ4v) is 5.21. The molecule has 1 saturated heterocycles. The number of amides is 1. The average molecular weight is 437 g/mol. The molecule has 152 valence electrons. The Labute approximate surface area is 183 Å². The van der Waals surface area contributed by atoms with Crippen LogP contribution in [0.25, 0.3) is 15.9 Å². The Morgan fingerprint density at radius 1 is 1.13 bits per heavy atom. The Morgan fingerprint density at radius 3 is 2.73 bits per heavy atom. The van der Waals surface area contributed by atoms with Crippen LogP contribution in [-0.2, 0) is 11.2 Å². The smallest absolute Gasteiger partial charge is 0.227 e. The minimum atomic E-state index is 0.164. The van der Waals surface area contributed by atoms with Gasteiger partial charge in [-0.05, 0) is 48.7 Å². The van der Waals surface area contributed by atoms with Gasteiger partial charge in [0.2, 0.25) is 5.91 Å². The monoisotopic (exact) mass is 436 g/mol. The van der Waals surface area contributed by atoms with E-state index < -0.39 is 0 Å². The number of carbonyl (C=O) groups excluding carboxylic acids is 1. The van der Waals surface area contributed by atoms with Gasteiger partial charge in [0.15, 0.2) is 0 Å². The highest BCUT2D eigenvalue weighted by Crippen LogP contribution is 2.34. The molecule has 0 bridgehead atoms. The SMILES string of the molecule is O=C(Cc1cnn(-c2ccccc2)c1)N1CCC(c2nc3cc(Cl)ccc3s2)CC1. The van der Waals surface area contributed by atoms with Gasteiger partial charge in [0.25, 0.3) is 0 Å². The minimum absolute atomic E-state index is 0.164. The van der Waals surface area contributed by atoms with Crippen LogP contribution in [0.4, 0.5) is 0 Å². The largest absolute Gasteiger partial charge is 0.342 e. The summed E-state index contributed by atoms with van der Waals surface area (Å²) in [6, 6.07) is 15.8. The van der Waals surface area contributed by atoms with Crippen LogP contribution in [0, 0.1) is 0 Å². The van der Waals surface area contributed by atoms with Crippen LogP contribution in [0.5, 0.6) is 0 Å². The fourth-order valence-electron chi connectivity index (χ4n) is 3.93. The van der Waals surface area contributed by atoms with Crippen LogP contribution in [0.15, 0.2) is 60.9 Å². The number of hydrogen-bond donors (Lipinski definition) is 0. The van der Waals surface area contributed by atoms with Gasteiger partial charge in [-0.2, -0.15) is 5.10 Å². The van der Waals surface area contributed by atoms with E-state index in [-0.39, 0.29) is 5.91 Å². The molecular formula is C23H21ClN4OS. The highest BCUT2D eigenvalue weighted by atomic mass is 35.5. The van der Waals surface area contributed by atoms with Gasteiger partial charge in [-0.1, -0.05) is 29.8 Å². The second kappa shape index (κ2) is 8.20. The van der Waals surface area contributed by atoms with Crippen LogP contribution in [0.1, 0.15) is 29.3 Å². The van der Waals surface area contributed by atoms with E-state index in [0.717, 1.165) is 52.7 Å². The van der Waals surface area contributed by atoms with Crippen molar-refractivity contribution in [1.82, 2.24) is 19.7 Å². The first-order valence-corrected chi connectivity index (χ1v) is 11.3. The van der Waals surface area contributed by atoms with E-state index in [1.807, 2.05) is 64.3 Å². The third-order valence-electron chi connectivity index (χ3n) is 5.58. The number of thiazole rings is 1. The fraction of sp³-hybridized carbons (Fsp3) is 0.261. The first-order valence-electron chi connectivity index (χ1n) is 10.1. The number of aromatic nitrogens is 3. The lowest BCUT2D eigenvalue weighted by Crippen LogP contribution is -2.38. The molecule has 0 atom stereocenters. The molecular weight excluding hydrogens is 416 g/mol. The lowest BCUT2D eigenvalue weighted by Gasteiger charge is -2.31. The van der Waals surface area contributed by atoms with E-state index >= 15 is 0 Å². The molecule has 2 aromatic heterocycles. The van der Waals surface area contributed by atoms with Gasteiger partial charge < -0.3 is 4.90 Å². The number of para-hydroxylation sites is 1. The number of benzene rings is 2. The minimum Gasteiger partial charge on any atom is -0.342 e. The molecule has 5 nitrogen and oxygen atoms in total. The summed E-state index contributed by atoms with van der Waals surface area (Å²) in [6.45, 7) is 1.54. The zero-order valence-electron chi connectivity index (χ0n) is 16.4. The topological polar surface area (TPSA) is 51.0 Å². The second-order valence-corrected chi connectivity index (χ2v) is 9.12. The molecule has 7 heteroatoms. The van der Waals surface area contributed by atoms with Crippen molar-refractivity contribution < 1.29 is 4.79 Å². The molecule has 1 aliphatic rings. The number of carbonyl (C=O) groups is 1. The summed E-state index contributed by atoms with van der Waals surface area (Å²) in [5.41, 5.74) is 2.90. The van der Waals surface area contributed by atoms with Crippen LogP contribution >= 0.6 is 22.9 Å². The number of fused-ring (bicyclic) bond motifs is 1. The van der Waals surface area contributed by atoms with Crippen molar-refractivity contribution in [2.75, 3.05) is 13.1 Å². The maximum Gasteiger partial charge on any atom is 0.227 e. The molecule has 30 heavy (non-hydrogen) atoms. The molecule has 1 aliphatic heterocycles. The van der Waals surface area contributed by atoms with Crippen molar-refractivity contribution >= 4 is 39.1 Å². The van der Waals surface area contributed by atoms with Crippen LogP contribution in [0.3, 0.4) is 0 Å². The molecule has 0 spiro atoms. The highest BCUT2D eigenvalue weighted by Gasteiger charge is 2.26. The van der Waals surface area contributed by atoms with E-state index in [4.69, 9.17) is 16.6 Å². The third kappa shape index (κ3) is 3.98. The Hall–Kier alpha value is -2.70. The quantitative estimate of drug-likeness (QED) is 0.448. The van der Waals surface area contributed by atoms with Crippen molar-refractivity contribution in [1.29, 1.82) is 0 Å². The molecule has 0 saturated carbocycles. The van der Waals surface area contributed by atoms with Crippen molar-refractivity contribution in [3.63, 3.8) is 0 Å². The molecule has 2 aromatic carbocycles. The van der Waals surface area contributed by atoms with Gasteiger partial charge in [-0.3, -0.25) is 4.79 Å². The van der Waals surface area contributed by atoms with Gasteiger partial charge >= 0.3 is 0 Å². The number of piperidine rings is 1. The Kier molecular flexibility index (Phi) is 5.27. The van der Waals surface area contributed by atoms with Gasteiger partial charge in [0.05, 0.1) is 33.5 Å². The van der Waals surface area contributed by atoms with Crippen LogP contribution in [0.2, 0.25) is 5.02 Å². The normalized spacial score (nSPS) is 15.0. The van der Waals surface area contributed by atoms with Gasteiger partial charge in [0, 0.05) is 30.2 Å². The van der Waals surface area contributed by atoms with Gasteiger partial charge in [-0.15, -0.1) is 11.3 Å². The molecule has 5 rings (SSSR count). The van der Waals surface area contributed by atoms with E-state index in [1.54, 1.807) is 17.5 Å². The summed E-state index contributed by atoms with van der Waals surface area (Å²) in [5.74, 6) is 0.572. The summed E-state index contributed by atoms with van der Waals surface area (Å²) in [4.78, 5) is 19.6. The standard InChI is InChI=1S/C23H21ClN4OS/c24-18-6-7-21-20(13-18)26-23(30-21)17-8-10-27(11-9-17)22(29)12-16-14-25-28(15-16)19-4-2-1-3-5-19/h1-7,13-15,17H,8-12H2. The van der Waals surface area contributed by atoms with Crippen LogP contribution in [-0.4, -0.2) is 38.7 Å². The predicted molar refractivity (Wildman–Crippen MR) is 120 cm³/mol. The number of nitrogens with zero attached hydrogens (tertiary/aromatic N) is 4. The van der Waals surface area contributed by atoms with Gasteiger partial charge in [0.1, 0.15) is 0 Å². The molecule has 1 fully saturated rings. The molecule has 3 heterocycles. The first-order chi connectivity index (χ1) is 14.7. The van der Waals surface area contributed by atoms with Crippen molar-refractivity contribution in [3.8, 4) is 5.69 Å². The zero-order valence-corrected chi connectivity index (χ0v) is 17.9. The van der Waals surface area contributed by atoms with Crippen molar-refractivity contribution in [2.45, 2.75) is 25.2 Å². The average Bonchev–Trinajstić information content (AvgIpc) is 3.41. The Morgan fingerprint density at radius 2 is 1.93 bits per heavy atom. The van der Waals surface area contributed by atoms with Crippen molar-refractivity contribution in [2.24, 2.45) is 0 Å². The molecule has 4 aromatic rings. The molecule has 1 amide bonds. The summed E-state index contributed by atoms with van der Waals surface area (Å²) < 4.78 is 2.98. The predicted octanol–water partition coefficient (Wildman–Crippen LogP) is 5.08. The zero-order chi connectivity index (χ0) is 20.5. The number of hydrogen-bond acceptors (Lipinski definition) is 4. The molecule has 0 unspecified atom stereocenters. The molecule has 0 radical (unpaired) electrons. The Balaban J connectivity index is 1.20. The number of likely N-dealkylation sites (tertiary alicyclic amines) is 1. The third-order valence-corrected chi connectivity index (χ3v) is 7.01. The maximum atomic E-state index is 12.8. The maximum absolute atomic E-state index is 12.8. The summed E-state index contributed by atoms with van der Waals surface area (Å²) in [6.07, 6.45) is 6.00. The van der Waals surface area contributed by atoms with E-state index in [2.05, 4.69) is 5.10 Å². The van der Waals surface area contributed by atoms with Gasteiger partial charge in [-0.25, -0.2) is 9.67 Å². The second-order valence-electron chi connectivity index (χ2n) is 7.62. The van der Waals surface area contributed by atoms with E-state index in [1.165, 1.54) is 4.70 Å². The summed E-state index contributed by atoms with van der Waals surface area (Å²) in [7, 11) is 0. The number of rotatable bonds is 4. The van der Waals surface area contributed by atoms with Crippen molar-refractivity contribution in [3.05, 3.63) is 76.5 Å². The first kappa shape index (κ1) is 19.3. The lowest BCUT2D eigenvalue weighted by atomic mass is 9.97. The van der Waals surface area contributed by atoms with E-state index in [0.29, 0.717) is 12.3 Å². The highest BCUT2D eigenvalue weighted by molar-refractivity contribution is 7.18. The molecule has 0 aliphatic carbocycles.